The van der Waals surface area contributed by atoms with E-state index in [2.05, 4.69) is 16.0 Å². The van der Waals surface area contributed by atoms with Crippen LogP contribution in [0.5, 0.6) is 0 Å². The van der Waals surface area contributed by atoms with Crippen LogP contribution in [0, 0.1) is 0 Å². The van der Waals surface area contributed by atoms with Gasteiger partial charge in [-0.15, -0.1) is 0 Å². The average molecular weight is 540 g/mol. The zero-order chi connectivity index (χ0) is 28.0. The number of carbonyl (C=O) groups excluding carboxylic acids is 4. The van der Waals surface area contributed by atoms with Crippen LogP contribution in [0.2, 0.25) is 0 Å². The Kier molecular flexibility index (Phi) is 13.7. The molecule has 0 saturated carbocycles. The fourth-order valence-electron chi connectivity index (χ4n) is 3.19. The van der Waals surface area contributed by atoms with Crippen molar-refractivity contribution in [3.8, 4) is 0 Å². The van der Waals surface area contributed by atoms with Gasteiger partial charge in [0.05, 0.1) is 12.5 Å². The highest BCUT2D eigenvalue weighted by Gasteiger charge is 2.31. The molecule has 0 aliphatic carbocycles. The molecule has 9 N–H and O–H groups in total. The summed E-state index contributed by atoms with van der Waals surface area (Å²) in [5.41, 5.74) is 11.8. The first kappa shape index (κ1) is 31.4. The number of benzene rings is 1. The van der Waals surface area contributed by atoms with E-state index >= 15 is 0 Å². The highest BCUT2D eigenvalue weighted by atomic mass is 32.2. The number of hydrogen-bond acceptors (Lipinski definition) is 8. The molecule has 0 aliphatic rings. The van der Waals surface area contributed by atoms with Crippen molar-refractivity contribution in [3.63, 3.8) is 0 Å². The molecule has 204 valence electrons. The summed E-state index contributed by atoms with van der Waals surface area (Å²) in [5, 5.41) is 25.1. The number of thioether (sulfide) groups is 1. The van der Waals surface area contributed by atoms with Gasteiger partial charge in [-0.3, -0.25) is 24.0 Å². The van der Waals surface area contributed by atoms with E-state index in [4.69, 9.17) is 16.6 Å². The fraction of sp³-hybridized carbons (Fsp3) is 0.478. The monoisotopic (exact) mass is 539 g/mol. The molecule has 0 aliphatic heterocycles. The molecule has 0 heterocycles. The van der Waals surface area contributed by atoms with Crippen LogP contribution in [-0.2, 0) is 35.2 Å². The quantitative estimate of drug-likeness (QED) is 0.122. The lowest BCUT2D eigenvalue weighted by atomic mass is 10.0. The van der Waals surface area contributed by atoms with Crippen LogP contribution in [0.1, 0.15) is 31.2 Å². The lowest BCUT2D eigenvalue weighted by molar-refractivity contribution is -0.143. The fourth-order valence-corrected chi connectivity index (χ4v) is 3.68. The molecule has 0 aromatic heterocycles. The Morgan fingerprint density at radius 2 is 1.43 bits per heavy atom. The number of rotatable bonds is 17. The van der Waals surface area contributed by atoms with Gasteiger partial charge >= 0.3 is 11.9 Å². The molecule has 0 fully saturated rings. The predicted octanol–water partition coefficient (Wildman–Crippen LogP) is -1.41. The van der Waals surface area contributed by atoms with E-state index in [0.717, 1.165) is 0 Å². The molecule has 4 amide bonds. The normalized spacial score (nSPS) is 13.9. The third-order valence-corrected chi connectivity index (χ3v) is 5.83. The van der Waals surface area contributed by atoms with E-state index in [9.17, 15) is 33.9 Å². The number of primary amides is 1. The van der Waals surface area contributed by atoms with Crippen LogP contribution < -0.4 is 27.4 Å². The molecule has 0 bridgehead atoms. The summed E-state index contributed by atoms with van der Waals surface area (Å²) in [6, 6.07) is 3.50. The molecular formula is C23H33N5O8S. The predicted molar refractivity (Wildman–Crippen MR) is 135 cm³/mol. The van der Waals surface area contributed by atoms with E-state index in [1.807, 2.05) is 6.26 Å². The van der Waals surface area contributed by atoms with Crippen LogP contribution in [0.15, 0.2) is 30.3 Å². The first-order valence-electron chi connectivity index (χ1n) is 11.4. The number of carboxylic acids is 2. The van der Waals surface area contributed by atoms with Gasteiger partial charge in [0.1, 0.15) is 18.1 Å². The highest BCUT2D eigenvalue weighted by molar-refractivity contribution is 7.98. The van der Waals surface area contributed by atoms with Gasteiger partial charge in [0.25, 0.3) is 0 Å². The van der Waals surface area contributed by atoms with Crippen molar-refractivity contribution in [1.82, 2.24) is 16.0 Å². The van der Waals surface area contributed by atoms with Crippen molar-refractivity contribution in [2.24, 2.45) is 11.5 Å². The Bertz CT molecular complexity index is 962. The largest absolute Gasteiger partial charge is 0.481 e. The summed E-state index contributed by atoms with van der Waals surface area (Å²) < 4.78 is 0. The minimum absolute atomic E-state index is 0.0366. The summed E-state index contributed by atoms with van der Waals surface area (Å²) >= 11 is 1.50. The third kappa shape index (κ3) is 12.2. The van der Waals surface area contributed by atoms with E-state index in [1.54, 1.807) is 30.3 Å². The summed E-state index contributed by atoms with van der Waals surface area (Å²) in [4.78, 5) is 72.3. The number of aliphatic carboxylic acids is 2. The Morgan fingerprint density at radius 3 is 1.97 bits per heavy atom. The topological polar surface area (TPSA) is 231 Å². The number of hydrogen-bond donors (Lipinski definition) is 7. The molecule has 4 atom stereocenters. The molecule has 13 nitrogen and oxygen atoms in total. The van der Waals surface area contributed by atoms with Crippen molar-refractivity contribution >= 4 is 47.3 Å². The smallest absolute Gasteiger partial charge is 0.326 e. The summed E-state index contributed by atoms with van der Waals surface area (Å²) in [6.45, 7) is 0. The standard InChI is InChI=1S/C23H33N5O8S/c1-37-10-9-14(24)20(32)27-16(11-13-5-3-2-4-6-13)21(33)28-17(12-18(25)29)22(34)26-15(23(35)36)7-8-19(30)31/h2-6,14-17H,7-12,24H2,1H3,(H2,25,29)(H,26,34)(H,27,32)(H,28,33)(H,30,31)(H,35,36). The van der Waals surface area contributed by atoms with Gasteiger partial charge in [-0.05, 0) is 30.4 Å². The van der Waals surface area contributed by atoms with Crippen LogP contribution in [0.25, 0.3) is 0 Å². The Hall–Kier alpha value is -3.65. The number of amides is 4. The molecule has 1 aromatic carbocycles. The highest BCUT2D eigenvalue weighted by Crippen LogP contribution is 2.07. The van der Waals surface area contributed by atoms with Crippen LogP contribution in [0.3, 0.4) is 0 Å². The summed E-state index contributed by atoms with van der Waals surface area (Å²) in [5.74, 6) is -5.55. The van der Waals surface area contributed by atoms with Crippen LogP contribution in [-0.4, -0.2) is 82.0 Å². The maximum absolute atomic E-state index is 13.2. The van der Waals surface area contributed by atoms with Gasteiger partial charge in [0.2, 0.25) is 23.6 Å². The molecule has 14 heteroatoms. The number of carboxylic acid groups (broad SMARTS) is 2. The maximum Gasteiger partial charge on any atom is 0.326 e. The second-order valence-corrected chi connectivity index (χ2v) is 9.19. The SMILES string of the molecule is CSCCC(N)C(=O)NC(Cc1ccccc1)C(=O)NC(CC(N)=O)C(=O)NC(CCC(=O)O)C(=O)O. The first-order valence-corrected chi connectivity index (χ1v) is 12.8. The van der Waals surface area contributed by atoms with Gasteiger partial charge in [-0.25, -0.2) is 4.79 Å². The molecule has 0 radical (unpaired) electrons. The second-order valence-electron chi connectivity index (χ2n) is 8.20. The lowest BCUT2D eigenvalue weighted by Crippen LogP contribution is -2.58. The zero-order valence-electron chi connectivity index (χ0n) is 20.3. The minimum Gasteiger partial charge on any atom is -0.481 e. The molecule has 1 rings (SSSR count). The van der Waals surface area contributed by atoms with Crippen molar-refractivity contribution in [2.45, 2.75) is 56.3 Å². The molecule has 0 spiro atoms. The summed E-state index contributed by atoms with van der Waals surface area (Å²) in [7, 11) is 0. The van der Waals surface area contributed by atoms with Crippen molar-refractivity contribution < 1.29 is 39.0 Å². The van der Waals surface area contributed by atoms with E-state index in [1.165, 1.54) is 11.8 Å². The Labute approximate surface area is 218 Å². The molecular weight excluding hydrogens is 506 g/mol. The van der Waals surface area contributed by atoms with E-state index < -0.39 is 79.0 Å². The van der Waals surface area contributed by atoms with Crippen molar-refractivity contribution in [3.05, 3.63) is 35.9 Å². The van der Waals surface area contributed by atoms with Crippen LogP contribution >= 0.6 is 11.8 Å². The minimum atomic E-state index is -1.58. The van der Waals surface area contributed by atoms with E-state index in [-0.39, 0.29) is 6.42 Å². The molecule has 4 unspecified atom stereocenters. The molecule has 37 heavy (non-hydrogen) atoms. The lowest BCUT2D eigenvalue weighted by Gasteiger charge is -2.25. The average Bonchev–Trinajstić information content (AvgIpc) is 2.83. The Morgan fingerprint density at radius 1 is 0.865 bits per heavy atom. The van der Waals surface area contributed by atoms with Gasteiger partial charge in [0.15, 0.2) is 0 Å². The van der Waals surface area contributed by atoms with Crippen LogP contribution in [0.4, 0.5) is 0 Å². The first-order chi connectivity index (χ1) is 17.4. The van der Waals surface area contributed by atoms with Gasteiger partial charge < -0.3 is 37.6 Å². The van der Waals surface area contributed by atoms with E-state index in [0.29, 0.717) is 17.7 Å². The zero-order valence-corrected chi connectivity index (χ0v) is 21.2. The maximum atomic E-state index is 13.2. The number of nitrogens with two attached hydrogens (primary N) is 2. The second kappa shape index (κ2) is 16.2. The van der Waals surface area contributed by atoms with Crippen molar-refractivity contribution in [2.75, 3.05) is 12.0 Å². The summed E-state index contributed by atoms with van der Waals surface area (Å²) in [6.07, 6.45) is 0.639. The molecule has 1 aromatic rings. The van der Waals surface area contributed by atoms with Crippen molar-refractivity contribution in [1.29, 1.82) is 0 Å². The van der Waals surface area contributed by atoms with Gasteiger partial charge in [-0.2, -0.15) is 11.8 Å². The Balaban J connectivity index is 3.08. The molecule has 0 saturated heterocycles. The third-order valence-electron chi connectivity index (χ3n) is 5.19. The van der Waals surface area contributed by atoms with Gasteiger partial charge in [-0.1, -0.05) is 30.3 Å². The number of nitrogens with one attached hydrogen (secondary N) is 3. The number of carbonyl (C=O) groups is 6. The van der Waals surface area contributed by atoms with Gasteiger partial charge in [0, 0.05) is 12.8 Å².